The number of carbonyl (C=O) groups excluding carboxylic acids is 2. The van der Waals surface area contributed by atoms with E-state index in [1.165, 1.54) is 30.7 Å². The molecule has 4 aromatic heterocycles. The Bertz CT molecular complexity index is 1720. The van der Waals surface area contributed by atoms with E-state index in [1.807, 2.05) is 42.6 Å². The van der Waals surface area contributed by atoms with Crippen LogP contribution in [0.25, 0.3) is 16.4 Å². The van der Waals surface area contributed by atoms with Crippen LogP contribution in [0, 0.1) is 13.8 Å². The Morgan fingerprint density at radius 2 is 1.81 bits per heavy atom. The van der Waals surface area contributed by atoms with Crippen molar-refractivity contribution in [3.05, 3.63) is 100 Å². The third-order valence-corrected chi connectivity index (χ3v) is 7.15. The van der Waals surface area contributed by atoms with Crippen LogP contribution < -0.4 is 11.1 Å². The molecule has 0 radical (unpaired) electrons. The number of rotatable bonds is 6. The lowest BCUT2D eigenvalue weighted by molar-refractivity contribution is 0.0950. The van der Waals surface area contributed by atoms with Crippen molar-refractivity contribution in [3.63, 3.8) is 0 Å². The second-order valence-corrected chi connectivity index (χ2v) is 9.66. The number of hydrogen-bond acceptors (Lipinski definition) is 6. The molecule has 8 heteroatoms. The van der Waals surface area contributed by atoms with E-state index < -0.39 is 0 Å². The highest BCUT2D eigenvalue weighted by Crippen LogP contribution is 2.39. The number of imidazole rings is 1. The highest BCUT2D eigenvalue weighted by molar-refractivity contribution is 6.08. The van der Waals surface area contributed by atoms with Crippen molar-refractivity contribution in [2.45, 2.75) is 39.2 Å². The van der Waals surface area contributed by atoms with Gasteiger partial charge in [0.25, 0.3) is 5.91 Å². The van der Waals surface area contributed by atoms with E-state index in [2.05, 4.69) is 26.3 Å². The topological polar surface area (TPSA) is 115 Å². The number of nitrogens with two attached hydrogens (primary N) is 1. The van der Waals surface area contributed by atoms with Crippen molar-refractivity contribution in [1.29, 1.82) is 0 Å². The van der Waals surface area contributed by atoms with Crippen LogP contribution in [-0.2, 0) is 6.54 Å². The van der Waals surface area contributed by atoms with E-state index in [0.29, 0.717) is 35.2 Å². The van der Waals surface area contributed by atoms with E-state index in [1.54, 1.807) is 18.5 Å². The fraction of sp³-hybridized carbons (Fsp3) is 0.207. The van der Waals surface area contributed by atoms with Crippen molar-refractivity contribution < 1.29 is 9.59 Å². The van der Waals surface area contributed by atoms with Crippen LogP contribution >= 0.6 is 0 Å². The van der Waals surface area contributed by atoms with E-state index in [4.69, 9.17) is 5.73 Å². The van der Waals surface area contributed by atoms with Crippen LogP contribution in [-0.4, -0.2) is 31.0 Å². The van der Waals surface area contributed by atoms with Crippen molar-refractivity contribution in [1.82, 2.24) is 24.7 Å². The summed E-state index contributed by atoms with van der Waals surface area (Å²) in [4.78, 5) is 39.0. The number of nitrogens with one attached hydrogen (secondary N) is 1. The molecule has 1 fully saturated rings. The first-order chi connectivity index (χ1) is 17.9. The number of pyridine rings is 3. The molecule has 1 saturated carbocycles. The number of anilines is 1. The first-order valence-corrected chi connectivity index (χ1v) is 12.3. The molecular formula is C29H26N6O2. The summed E-state index contributed by atoms with van der Waals surface area (Å²) in [7, 11) is 0. The van der Waals surface area contributed by atoms with E-state index in [0.717, 1.165) is 27.5 Å². The normalized spacial score (nSPS) is 13.2. The van der Waals surface area contributed by atoms with Gasteiger partial charge in [0.15, 0.2) is 0 Å². The maximum atomic E-state index is 13.2. The number of ketones is 1. The smallest absolute Gasteiger partial charge is 0.251 e. The molecule has 1 aliphatic carbocycles. The molecule has 1 aromatic carbocycles. The van der Waals surface area contributed by atoms with Crippen LogP contribution in [0.5, 0.6) is 0 Å². The SMILES string of the molecule is Cc1cc2c(N)nccc2c(C)c1CNC(=O)c1ccnc(C(=O)c2cn3cc(C4CC4)ccc3n2)c1. The molecule has 0 bridgehead atoms. The molecule has 0 spiro atoms. The van der Waals surface area contributed by atoms with Gasteiger partial charge in [-0.1, -0.05) is 6.07 Å². The third-order valence-electron chi connectivity index (χ3n) is 7.15. The van der Waals surface area contributed by atoms with Crippen LogP contribution in [0.3, 0.4) is 0 Å². The molecule has 0 aliphatic heterocycles. The minimum Gasteiger partial charge on any atom is -0.383 e. The predicted octanol–water partition coefficient (Wildman–Crippen LogP) is 4.51. The van der Waals surface area contributed by atoms with Crippen LogP contribution in [0.1, 0.15) is 67.6 Å². The first kappa shape index (κ1) is 22.8. The Balaban J connectivity index is 1.21. The van der Waals surface area contributed by atoms with Gasteiger partial charge in [-0.15, -0.1) is 0 Å². The minimum absolute atomic E-state index is 0.180. The number of benzene rings is 1. The molecule has 0 saturated heterocycles. The molecule has 184 valence electrons. The number of aromatic nitrogens is 4. The van der Waals surface area contributed by atoms with Gasteiger partial charge >= 0.3 is 0 Å². The van der Waals surface area contributed by atoms with Gasteiger partial charge in [-0.3, -0.25) is 14.6 Å². The monoisotopic (exact) mass is 490 g/mol. The Labute approximate surface area is 213 Å². The zero-order valence-electron chi connectivity index (χ0n) is 20.7. The van der Waals surface area contributed by atoms with Gasteiger partial charge < -0.3 is 15.5 Å². The average molecular weight is 491 g/mol. The number of fused-ring (bicyclic) bond motifs is 2. The third kappa shape index (κ3) is 4.20. The summed E-state index contributed by atoms with van der Waals surface area (Å²) >= 11 is 0. The molecule has 0 atom stereocenters. The zero-order valence-corrected chi connectivity index (χ0v) is 20.7. The quantitative estimate of drug-likeness (QED) is 0.338. The first-order valence-electron chi connectivity index (χ1n) is 12.3. The van der Waals surface area contributed by atoms with Gasteiger partial charge in [0.1, 0.15) is 22.9 Å². The molecular weight excluding hydrogens is 464 g/mol. The number of nitrogens with zero attached hydrogens (tertiary/aromatic N) is 4. The number of amides is 1. The average Bonchev–Trinajstić information content (AvgIpc) is 3.67. The number of aryl methyl sites for hydroxylation is 2. The molecule has 6 rings (SSSR count). The summed E-state index contributed by atoms with van der Waals surface area (Å²) in [5.74, 6) is 0.495. The molecule has 1 aliphatic rings. The Hall–Kier alpha value is -4.59. The molecule has 1 amide bonds. The maximum Gasteiger partial charge on any atom is 0.251 e. The van der Waals surface area contributed by atoms with Crippen molar-refractivity contribution >= 4 is 33.9 Å². The van der Waals surface area contributed by atoms with Gasteiger partial charge in [-0.05, 0) is 90.6 Å². The molecule has 4 heterocycles. The number of carbonyl (C=O) groups is 2. The number of hydrogen-bond donors (Lipinski definition) is 2. The lowest BCUT2D eigenvalue weighted by Gasteiger charge is -2.15. The van der Waals surface area contributed by atoms with Crippen molar-refractivity contribution in [2.75, 3.05) is 5.73 Å². The predicted molar refractivity (Wildman–Crippen MR) is 142 cm³/mol. The van der Waals surface area contributed by atoms with Gasteiger partial charge in [0.05, 0.1) is 0 Å². The van der Waals surface area contributed by atoms with Gasteiger partial charge in [0, 0.05) is 42.3 Å². The lowest BCUT2D eigenvalue weighted by Crippen LogP contribution is -2.24. The second-order valence-electron chi connectivity index (χ2n) is 9.66. The minimum atomic E-state index is -0.321. The summed E-state index contributed by atoms with van der Waals surface area (Å²) < 4.78 is 1.88. The van der Waals surface area contributed by atoms with Crippen LogP contribution in [0.4, 0.5) is 5.82 Å². The standard InChI is InChI=1S/C29H26N6O2/c1-16-11-22-21(8-10-32-28(22)30)17(2)23(16)13-33-29(37)19-7-9-31-24(12-19)27(36)25-15-35-14-20(18-3-4-18)5-6-26(35)34-25/h5-12,14-15,18H,3-4,13H2,1-2H3,(H2,30,32)(H,33,37). The largest absolute Gasteiger partial charge is 0.383 e. The fourth-order valence-corrected chi connectivity index (χ4v) is 4.88. The van der Waals surface area contributed by atoms with E-state index in [9.17, 15) is 9.59 Å². The Kier molecular flexibility index (Phi) is 5.44. The van der Waals surface area contributed by atoms with E-state index >= 15 is 0 Å². The molecule has 5 aromatic rings. The fourth-order valence-electron chi connectivity index (χ4n) is 4.88. The number of nitrogen functional groups attached to an aromatic ring is 1. The summed E-state index contributed by atoms with van der Waals surface area (Å²) in [6, 6.07) is 11.1. The molecule has 37 heavy (non-hydrogen) atoms. The zero-order chi connectivity index (χ0) is 25.7. The summed E-state index contributed by atoms with van der Waals surface area (Å²) in [5, 5.41) is 4.90. The maximum absolute atomic E-state index is 13.2. The van der Waals surface area contributed by atoms with Gasteiger partial charge in [-0.25, -0.2) is 9.97 Å². The highest BCUT2D eigenvalue weighted by atomic mass is 16.1. The Morgan fingerprint density at radius 1 is 1.00 bits per heavy atom. The summed E-state index contributed by atoms with van der Waals surface area (Å²) in [6.07, 6.45) is 9.34. The molecule has 3 N–H and O–H groups in total. The van der Waals surface area contributed by atoms with Crippen LogP contribution in [0.15, 0.2) is 61.2 Å². The van der Waals surface area contributed by atoms with E-state index in [-0.39, 0.29) is 17.4 Å². The van der Waals surface area contributed by atoms with Gasteiger partial charge in [0.2, 0.25) is 5.78 Å². The van der Waals surface area contributed by atoms with Crippen molar-refractivity contribution in [2.24, 2.45) is 0 Å². The molecule has 0 unspecified atom stereocenters. The molecule has 8 nitrogen and oxygen atoms in total. The summed E-state index contributed by atoms with van der Waals surface area (Å²) in [5.41, 5.74) is 11.9. The Morgan fingerprint density at radius 3 is 2.62 bits per heavy atom. The van der Waals surface area contributed by atoms with Gasteiger partial charge in [-0.2, -0.15) is 0 Å². The van der Waals surface area contributed by atoms with Crippen LogP contribution in [0.2, 0.25) is 0 Å². The van der Waals surface area contributed by atoms with Crippen molar-refractivity contribution in [3.8, 4) is 0 Å². The second kappa shape index (κ2) is 8.81. The lowest BCUT2D eigenvalue weighted by atomic mass is 9.96. The summed E-state index contributed by atoms with van der Waals surface area (Å²) in [6.45, 7) is 4.35. The highest BCUT2D eigenvalue weighted by Gasteiger charge is 2.24.